The van der Waals surface area contributed by atoms with Gasteiger partial charge >= 0.3 is 0 Å². The number of hydrogen-bond acceptors (Lipinski definition) is 7. The van der Waals surface area contributed by atoms with E-state index in [1.807, 2.05) is 0 Å². The first-order valence-electron chi connectivity index (χ1n) is 10.9. The van der Waals surface area contributed by atoms with Gasteiger partial charge in [0.25, 0.3) is 10.0 Å². The van der Waals surface area contributed by atoms with Crippen LogP contribution in [0, 0.1) is 11.7 Å². The van der Waals surface area contributed by atoms with E-state index in [-0.39, 0.29) is 22.5 Å². The molecule has 0 aliphatic carbocycles. The number of carbonyl (C=O) groups is 1. The Morgan fingerprint density at radius 3 is 2.86 bits per heavy atom. The van der Waals surface area contributed by atoms with E-state index in [4.69, 9.17) is 11.6 Å². The Hall–Kier alpha value is -2.38. The predicted molar refractivity (Wildman–Crippen MR) is 135 cm³/mol. The molecule has 1 aliphatic rings. The molecule has 0 N–H and O–H groups in total. The SMILES string of the molecule is O=C(C1CCCN(S(=O)(=O)c2ccc(Cl)s2)C1)N(CCn1cccn1)c1nc2ccc(F)cc2s1. The van der Waals surface area contributed by atoms with Crippen molar-refractivity contribution in [2.45, 2.75) is 23.6 Å². The number of piperidine rings is 1. The van der Waals surface area contributed by atoms with Crippen molar-refractivity contribution < 1.29 is 17.6 Å². The molecule has 1 unspecified atom stereocenters. The number of anilines is 1. The molecule has 1 saturated heterocycles. The summed E-state index contributed by atoms with van der Waals surface area (Å²) in [7, 11) is -3.74. The molecular weight excluding hydrogens is 533 g/mol. The van der Waals surface area contributed by atoms with Crippen LogP contribution in [0.3, 0.4) is 0 Å². The normalized spacial score (nSPS) is 17.1. The van der Waals surface area contributed by atoms with Crippen molar-refractivity contribution >= 4 is 65.6 Å². The Balaban J connectivity index is 1.41. The van der Waals surface area contributed by atoms with Crippen LogP contribution < -0.4 is 4.90 Å². The number of hydrogen-bond donors (Lipinski definition) is 0. The lowest BCUT2D eigenvalue weighted by Gasteiger charge is -2.33. The van der Waals surface area contributed by atoms with Crippen molar-refractivity contribution in [3.63, 3.8) is 0 Å². The standard InChI is InChI=1S/C22H21ClFN5O3S3/c23-19-6-7-20(34-19)35(31,32)28-10-1-3-15(14-28)21(30)29(12-11-27-9-2-8-25-27)22-26-17-5-4-16(24)13-18(17)33-22/h2,4-9,13,15H,1,3,10-12,14H2. The zero-order chi connectivity index (χ0) is 24.6. The van der Waals surface area contributed by atoms with E-state index in [2.05, 4.69) is 10.1 Å². The minimum absolute atomic E-state index is 0.0779. The van der Waals surface area contributed by atoms with E-state index in [1.165, 1.54) is 33.8 Å². The molecular formula is C22H21ClFN5O3S3. The highest BCUT2D eigenvalue weighted by atomic mass is 35.5. The van der Waals surface area contributed by atoms with Gasteiger partial charge in [-0.2, -0.15) is 9.40 Å². The number of rotatable bonds is 7. The number of benzene rings is 1. The lowest BCUT2D eigenvalue weighted by molar-refractivity contribution is -0.123. The fourth-order valence-corrected chi connectivity index (χ4v) is 8.27. The van der Waals surface area contributed by atoms with Crippen molar-refractivity contribution in [1.82, 2.24) is 19.1 Å². The molecule has 35 heavy (non-hydrogen) atoms. The van der Waals surface area contributed by atoms with Gasteiger partial charge in [-0.05, 0) is 49.2 Å². The van der Waals surface area contributed by atoms with E-state index in [9.17, 15) is 17.6 Å². The van der Waals surface area contributed by atoms with Crippen LogP contribution in [0.15, 0.2) is 53.0 Å². The zero-order valence-electron chi connectivity index (χ0n) is 18.4. The number of sulfonamides is 1. The Morgan fingerprint density at radius 1 is 1.26 bits per heavy atom. The van der Waals surface area contributed by atoms with Crippen LogP contribution in [0.2, 0.25) is 4.34 Å². The first-order valence-corrected chi connectivity index (χ1v) is 14.4. The molecule has 1 aliphatic heterocycles. The van der Waals surface area contributed by atoms with Crippen molar-refractivity contribution in [2.24, 2.45) is 5.92 Å². The number of carbonyl (C=O) groups excluding carboxylic acids is 1. The van der Waals surface area contributed by atoms with Crippen LogP contribution in [0.1, 0.15) is 12.8 Å². The van der Waals surface area contributed by atoms with Crippen molar-refractivity contribution in [2.75, 3.05) is 24.5 Å². The third-order valence-electron chi connectivity index (χ3n) is 5.82. The number of aromatic nitrogens is 3. The first-order chi connectivity index (χ1) is 16.8. The fourth-order valence-electron chi connectivity index (χ4n) is 4.08. The van der Waals surface area contributed by atoms with Gasteiger partial charge in [0.2, 0.25) is 5.91 Å². The molecule has 184 valence electrons. The highest BCUT2D eigenvalue weighted by Crippen LogP contribution is 2.34. The lowest BCUT2D eigenvalue weighted by Crippen LogP contribution is -2.47. The summed E-state index contributed by atoms with van der Waals surface area (Å²) >= 11 is 8.19. The average Bonchev–Trinajstić information content (AvgIpc) is 3.60. The summed E-state index contributed by atoms with van der Waals surface area (Å²) in [5.41, 5.74) is 0.603. The predicted octanol–water partition coefficient (Wildman–Crippen LogP) is 4.48. The van der Waals surface area contributed by atoms with Gasteiger partial charge in [0.15, 0.2) is 5.13 Å². The van der Waals surface area contributed by atoms with Gasteiger partial charge in [-0.3, -0.25) is 14.4 Å². The highest BCUT2D eigenvalue weighted by Gasteiger charge is 2.36. The summed E-state index contributed by atoms with van der Waals surface area (Å²) in [6.07, 6.45) is 4.59. The maximum atomic E-state index is 13.8. The second-order valence-electron chi connectivity index (χ2n) is 8.13. The van der Waals surface area contributed by atoms with E-state index in [1.54, 1.807) is 40.2 Å². The molecule has 4 heterocycles. The number of fused-ring (bicyclic) bond motifs is 1. The molecule has 1 atom stereocenters. The Labute approximate surface area is 214 Å². The third-order valence-corrected chi connectivity index (χ3v) is 10.4. The molecule has 0 bridgehead atoms. The minimum atomic E-state index is -3.74. The highest BCUT2D eigenvalue weighted by molar-refractivity contribution is 7.91. The summed E-state index contributed by atoms with van der Waals surface area (Å²) in [6.45, 7) is 1.15. The van der Waals surface area contributed by atoms with Crippen LogP contribution in [0.5, 0.6) is 0 Å². The van der Waals surface area contributed by atoms with Gasteiger partial charge in [0, 0.05) is 32.0 Å². The Kier molecular flexibility index (Phi) is 6.91. The van der Waals surface area contributed by atoms with Gasteiger partial charge in [0.05, 0.1) is 27.0 Å². The summed E-state index contributed by atoms with van der Waals surface area (Å²) in [4.78, 5) is 19.9. The van der Waals surface area contributed by atoms with Gasteiger partial charge in [-0.1, -0.05) is 22.9 Å². The van der Waals surface area contributed by atoms with Crippen LogP contribution >= 0.6 is 34.3 Å². The summed E-state index contributed by atoms with van der Waals surface area (Å²) in [5, 5.41) is 4.65. The molecule has 3 aromatic heterocycles. The maximum Gasteiger partial charge on any atom is 0.252 e. The fraction of sp³-hybridized carbons (Fsp3) is 0.318. The second kappa shape index (κ2) is 9.94. The van der Waals surface area contributed by atoms with Gasteiger partial charge in [0.1, 0.15) is 10.0 Å². The molecule has 8 nitrogen and oxygen atoms in total. The molecule has 0 saturated carbocycles. The van der Waals surface area contributed by atoms with Crippen LogP contribution in [0.4, 0.5) is 9.52 Å². The topological polar surface area (TPSA) is 88.4 Å². The number of thiophene rings is 1. The van der Waals surface area contributed by atoms with Crippen LogP contribution in [-0.4, -0.2) is 53.0 Å². The van der Waals surface area contributed by atoms with Crippen molar-refractivity contribution in [1.29, 1.82) is 0 Å². The minimum Gasteiger partial charge on any atom is -0.286 e. The maximum absolute atomic E-state index is 13.8. The largest absolute Gasteiger partial charge is 0.286 e. The Bertz CT molecular complexity index is 1450. The molecule has 0 radical (unpaired) electrons. The van der Waals surface area contributed by atoms with Crippen LogP contribution in [-0.2, 0) is 21.4 Å². The third kappa shape index (κ3) is 5.12. The molecule has 1 aromatic carbocycles. The molecule has 1 fully saturated rings. The average molecular weight is 554 g/mol. The quantitative estimate of drug-likeness (QED) is 0.337. The van der Waals surface area contributed by atoms with E-state index >= 15 is 0 Å². The first kappa shape index (κ1) is 24.3. The van der Waals surface area contributed by atoms with Crippen molar-refractivity contribution in [3.8, 4) is 0 Å². The lowest BCUT2D eigenvalue weighted by atomic mass is 9.98. The number of halogens is 2. The number of amides is 1. The van der Waals surface area contributed by atoms with Gasteiger partial charge < -0.3 is 0 Å². The van der Waals surface area contributed by atoms with E-state index in [0.29, 0.717) is 52.2 Å². The van der Waals surface area contributed by atoms with Crippen molar-refractivity contribution in [3.05, 3.63) is 58.9 Å². The molecule has 1 amide bonds. The summed E-state index contributed by atoms with van der Waals surface area (Å²) < 4.78 is 44.3. The second-order valence-corrected chi connectivity index (χ2v) is 13.0. The molecule has 13 heteroatoms. The molecule has 0 spiro atoms. The van der Waals surface area contributed by atoms with E-state index in [0.717, 1.165) is 11.3 Å². The Morgan fingerprint density at radius 2 is 2.11 bits per heavy atom. The summed E-state index contributed by atoms with van der Waals surface area (Å²) in [6, 6.07) is 9.16. The van der Waals surface area contributed by atoms with E-state index < -0.39 is 15.9 Å². The smallest absolute Gasteiger partial charge is 0.252 e. The van der Waals surface area contributed by atoms with Gasteiger partial charge in [-0.25, -0.2) is 17.8 Å². The zero-order valence-corrected chi connectivity index (χ0v) is 21.6. The van der Waals surface area contributed by atoms with Gasteiger partial charge in [-0.15, -0.1) is 11.3 Å². The number of thiazole rings is 1. The monoisotopic (exact) mass is 553 g/mol. The number of nitrogens with zero attached hydrogens (tertiary/aromatic N) is 5. The van der Waals surface area contributed by atoms with Crippen LogP contribution in [0.25, 0.3) is 10.2 Å². The molecule has 4 aromatic rings. The molecule has 5 rings (SSSR count). The summed E-state index contributed by atoms with van der Waals surface area (Å²) in [5.74, 6) is -1.11.